The van der Waals surface area contributed by atoms with Crippen molar-refractivity contribution in [3.63, 3.8) is 0 Å². The van der Waals surface area contributed by atoms with Crippen LogP contribution >= 0.6 is 15.9 Å². The zero-order valence-electron chi connectivity index (χ0n) is 13.9. The van der Waals surface area contributed by atoms with Gasteiger partial charge in [0.2, 0.25) is 0 Å². The highest BCUT2D eigenvalue weighted by Gasteiger charge is 2.20. The van der Waals surface area contributed by atoms with Gasteiger partial charge in [-0.05, 0) is 58.9 Å². The maximum absolute atomic E-state index is 5.75. The summed E-state index contributed by atoms with van der Waals surface area (Å²) in [5.74, 6) is 1.62. The van der Waals surface area contributed by atoms with E-state index in [1.807, 2.05) is 0 Å². The number of halogens is 1. The van der Waals surface area contributed by atoms with E-state index in [2.05, 4.69) is 67.1 Å². The summed E-state index contributed by atoms with van der Waals surface area (Å²) in [6.07, 6.45) is 4.59. The topological polar surface area (TPSA) is 21.3 Å². The van der Waals surface area contributed by atoms with Crippen molar-refractivity contribution in [3.05, 3.63) is 28.2 Å². The number of nitrogens with one attached hydrogen (secondary N) is 1. The number of rotatable bonds is 10. The molecule has 1 atom stereocenters. The van der Waals surface area contributed by atoms with Gasteiger partial charge in [-0.3, -0.25) is 0 Å². The van der Waals surface area contributed by atoms with Crippen LogP contribution in [0.4, 0.5) is 0 Å². The standard InChI is InChI=1S/C18H30BrNO/c1-5-11-20-18(14(7-3)8-4)15-9-10-17(16(19)13-15)21-12-6-2/h9-10,13-14,18,20H,5-8,11-12H2,1-4H3. The summed E-state index contributed by atoms with van der Waals surface area (Å²) in [4.78, 5) is 0. The van der Waals surface area contributed by atoms with Gasteiger partial charge in [-0.1, -0.05) is 46.6 Å². The molecule has 0 spiro atoms. The van der Waals surface area contributed by atoms with E-state index in [1.54, 1.807) is 0 Å². The Kier molecular flexibility index (Phi) is 9.02. The average Bonchev–Trinajstić information content (AvgIpc) is 2.50. The van der Waals surface area contributed by atoms with Gasteiger partial charge < -0.3 is 10.1 Å². The second kappa shape index (κ2) is 10.2. The van der Waals surface area contributed by atoms with Crippen LogP contribution in [-0.2, 0) is 0 Å². The highest BCUT2D eigenvalue weighted by Crippen LogP contribution is 2.33. The minimum absolute atomic E-state index is 0.427. The van der Waals surface area contributed by atoms with Crippen molar-refractivity contribution in [1.29, 1.82) is 0 Å². The minimum Gasteiger partial charge on any atom is -0.492 e. The normalized spacial score (nSPS) is 12.7. The van der Waals surface area contributed by atoms with Crippen molar-refractivity contribution in [2.45, 2.75) is 59.4 Å². The van der Waals surface area contributed by atoms with Crippen molar-refractivity contribution in [1.82, 2.24) is 5.32 Å². The first kappa shape index (κ1) is 18.5. The second-order valence-corrected chi connectivity index (χ2v) is 6.40. The molecule has 0 bridgehead atoms. The molecule has 0 aromatic heterocycles. The number of hydrogen-bond donors (Lipinski definition) is 1. The van der Waals surface area contributed by atoms with Gasteiger partial charge in [0.25, 0.3) is 0 Å². The highest BCUT2D eigenvalue weighted by atomic mass is 79.9. The minimum atomic E-state index is 0.427. The Morgan fingerprint density at radius 3 is 2.33 bits per heavy atom. The van der Waals surface area contributed by atoms with Gasteiger partial charge in [0.15, 0.2) is 0 Å². The molecule has 0 saturated heterocycles. The Morgan fingerprint density at radius 1 is 1.10 bits per heavy atom. The van der Waals surface area contributed by atoms with Crippen molar-refractivity contribution < 1.29 is 4.74 Å². The molecule has 3 heteroatoms. The van der Waals surface area contributed by atoms with Crippen LogP contribution in [0.15, 0.2) is 22.7 Å². The van der Waals surface area contributed by atoms with Crippen molar-refractivity contribution >= 4 is 15.9 Å². The number of hydrogen-bond acceptors (Lipinski definition) is 2. The molecule has 120 valence electrons. The predicted molar refractivity (Wildman–Crippen MR) is 95.0 cm³/mol. The van der Waals surface area contributed by atoms with Crippen molar-refractivity contribution in [3.8, 4) is 5.75 Å². The van der Waals surface area contributed by atoms with Crippen LogP contribution in [0.3, 0.4) is 0 Å². The van der Waals surface area contributed by atoms with Crippen LogP contribution < -0.4 is 10.1 Å². The van der Waals surface area contributed by atoms with E-state index in [9.17, 15) is 0 Å². The van der Waals surface area contributed by atoms with E-state index in [0.29, 0.717) is 12.0 Å². The van der Waals surface area contributed by atoms with E-state index in [-0.39, 0.29) is 0 Å². The quantitative estimate of drug-likeness (QED) is 0.579. The van der Waals surface area contributed by atoms with E-state index in [0.717, 1.165) is 36.2 Å². The maximum Gasteiger partial charge on any atom is 0.133 e. The molecule has 0 aliphatic carbocycles. The van der Waals surface area contributed by atoms with Gasteiger partial charge in [0.05, 0.1) is 11.1 Å². The largest absolute Gasteiger partial charge is 0.492 e. The molecule has 0 heterocycles. The van der Waals surface area contributed by atoms with Crippen LogP contribution in [0.25, 0.3) is 0 Å². The lowest BCUT2D eigenvalue weighted by Crippen LogP contribution is -2.28. The SMILES string of the molecule is CCCNC(c1ccc(OCCC)c(Br)c1)C(CC)CC. The molecule has 1 rings (SSSR count). The van der Waals surface area contributed by atoms with Gasteiger partial charge in [-0.25, -0.2) is 0 Å². The van der Waals surface area contributed by atoms with E-state index >= 15 is 0 Å². The molecule has 0 amide bonds. The molecule has 1 N–H and O–H groups in total. The molecular formula is C18H30BrNO. The average molecular weight is 356 g/mol. The van der Waals surface area contributed by atoms with Crippen LogP contribution in [0.1, 0.15) is 65.0 Å². The summed E-state index contributed by atoms with van der Waals surface area (Å²) in [5, 5.41) is 3.72. The van der Waals surface area contributed by atoms with Crippen molar-refractivity contribution in [2.24, 2.45) is 5.92 Å². The first-order chi connectivity index (χ1) is 10.2. The molecule has 0 saturated carbocycles. The fourth-order valence-corrected chi connectivity index (χ4v) is 3.17. The molecule has 0 aliphatic rings. The molecule has 1 unspecified atom stereocenters. The third-order valence-electron chi connectivity index (χ3n) is 3.91. The molecule has 1 aromatic rings. The zero-order valence-corrected chi connectivity index (χ0v) is 15.5. The highest BCUT2D eigenvalue weighted by molar-refractivity contribution is 9.10. The zero-order chi connectivity index (χ0) is 15.7. The maximum atomic E-state index is 5.75. The predicted octanol–water partition coefficient (Wildman–Crippen LogP) is 5.71. The van der Waals surface area contributed by atoms with E-state index in [1.165, 1.54) is 18.4 Å². The lowest BCUT2D eigenvalue weighted by atomic mass is 9.88. The van der Waals surface area contributed by atoms with Crippen LogP contribution in [0.2, 0.25) is 0 Å². The van der Waals surface area contributed by atoms with Gasteiger partial charge in [0, 0.05) is 6.04 Å². The van der Waals surface area contributed by atoms with E-state index < -0.39 is 0 Å². The summed E-state index contributed by atoms with van der Waals surface area (Å²) in [5.41, 5.74) is 1.35. The molecule has 0 fully saturated rings. The first-order valence-electron chi connectivity index (χ1n) is 8.33. The van der Waals surface area contributed by atoms with Crippen LogP contribution in [0.5, 0.6) is 5.75 Å². The van der Waals surface area contributed by atoms with Crippen LogP contribution in [0, 0.1) is 5.92 Å². The Morgan fingerprint density at radius 2 is 1.81 bits per heavy atom. The third kappa shape index (κ3) is 5.63. The van der Waals surface area contributed by atoms with Gasteiger partial charge in [-0.2, -0.15) is 0 Å². The fourth-order valence-electron chi connectivity index (χ4n) is 2.66. The Hall–Kier alpha value is -0.540. The summed E-state index contributed by atoms with van der Waals surface area (Å²) in [7, 11) is 0. The van der Waals surface area contributed by atoms with Gasteiger partial charge in [-0.15, -0.1) is 0 Å². The summed E-state index contributed by atoms with van der Waals surface area (Å²) in [6.45, 7) is 10.7. The lowest BCUT2D eigenvalue weighted by Gasteiger charge is -2.27. The first-order valence-corrected chi connectivity index (χ1v) is 9.12. The lowest BCUT2D eigenvalue weighted by molar-refractivity contribution is 0.314. The molecule has 21 heavy (non-hydrogen) atoms. The molecule has 0 aliphatic heterocycles. The summed E-state index contributed by atoms with van der Waals surface area (Å²) < 4.78 is 6.81. The summed E-state index contributed by atoms with van der Waals surface area (Å²) >= 11 is 3.65. The molecule has 0 radical (unpaired) electrons. The molecular weight excluding hydrogens is 326 g/mol. The number of ether oxygens (including phenoxy) is 1. The molecule has 2 nitrogen and oxygen atoms in total. The number of benzene rings is 1. The van der Waals surface area contributed by atoms with Gasteiger partial charge >= 0.3 is 0 Å². The second-order valence-electron chi connectivity index (χ2n) is 5.55. The Labute approximate surface area is 138 Å². The van der Waals surface area contributed by atoms with E-state index in [4.69, 9.17) is 4.74 Å². The van der Waals surface area contributed by atoms with Crippen molar-refractivity contribution in [2.75, 3.05) is 13.2 Å². The Bertz CT molecular complexity index is 404. The monoisotopic (exact) mass is 355 g/mol. The Balaban J connectivity index is 2.93. The van der Waals surface area contributed by atoms with Gasteiger partial charge in [0.1, 0.15) is 5.75 Å². The third-order valence-corrected chi connectivity index (χ3v) is 4.53. The smallest absolute Gasteiger partial charge is 0.133 e. The van der Waals surface area contributed by atoms with Crippen LogP contribution in [-0.4, -0.2) is 13.2 Å². The fraction of sp³-hybridized carbons (Fsp3) is 0.667. The molecule has 1 aromatic carbocycles. The summed E-state index contributed by atoms with van der Waals surface area (Å²) in [6, 6.07) is 6.95.